The Bertz CT molecular complexity index is 1070. The largest absolute Gasteiger partial charge is 0.261 e. The third-order valence-corrected chi connectivity index (χ3v) is 9.37. The molecule has 43 heavy (non-hydrogen) atoms. The zero-order valence-electron chi connectivity index (χ0n) is 28.4. The number of hydrogen-bond acceptors (Lipinski definition) is 0. The van der Waals surface area contributed by atoms with Crippen molar-refractivity contribution in [3.63, 3.8) is 0 Å². The maximum atomic E-state index is 2.73. The van der Waals surface area contributed by atoms with Crippen molar-refractivity contribution in [1.29, 1.82) is 0 Å². The monoisotopic (exact) mass is 586 g/mol. The van der Waals surface area contributed by atoms with E-state index in [-0.39, 0.29) is 0 Å². The van der Waals surface area contributed by atoms with Gasteiger partial charge in [-0.1, -0.05) is 171 Å². The first kappa shape index (κ1) is 35.1. The van der Waals surface area contributed by atoms with Crippen molar-refractivity contribution in [2.24, 2.45) is 0 Å². The second-order valence-electron chi connectivity index (χ2n) is 13.2. The minimum Gasteiger partial charge on any atom is -0.234 e. The van der Waals surface area contributed by atoms with Crippen LogP contribution in [0.4, 0.5) is 0 Å². The number of nitrogens with zero attached hydrogens (tertiary/aromatic N) is 2. The van der Waals surface area contributed by atoms with Crippen molar-refractivity contribution in [3.05, 3.63) is 89.5 Å². The average molecular weight is 586 g/mol. The van der Waals surface area contributed by atoms with Gasteiger partial charge in [0, 0.05) is 6.42 Å². The molecular formula is C41H65N2+. The third kappa shape index (κ3) is 13.9. The molecule has 1 unspecified atom stereocenters. The van der Waals surface area contributed by atoms with E-state index in [9.17, 15) is 0 Å². The quantitative estimate of drug-likeness (QED) is 0.0690. The SMILES string of the molecule is CCCCCCCCCCCCC[n+]1cc(CC(C)c2ccccc2)n(CCCCCCCCC)c1Cc1ccccc1. The van der Waals surface area contributed by atoms with Crippen molar-refractivity contribution < 1.29 is 4.57 Å². The van der Waals surface area contributed by atoms with E-state index in [4.69, 9.17) is 0 Å². The molecule has 0 amide bonds. The van der Waals surface area contributed by atoms with Gasteiger partial charge < -0.3 is 0 Å². The number of hydrogen-bond donors (Lipinski definition) is 0. The van der Waals surface area contributed by atoms with E-state index in [1.807, 2.05) is 0 Å². The molecule has 3 rings (SSSR count). The van der Waals surface area contributed by atoms with Gasteiger partial charge in [-0.15, -0.1) is 0 Å². The van der Waals surface area contributed by atoms with Crippen molar-refractivity contribution in [1.82, 2.24) is 4.57 Å². The molecule has 0 aliphatic rings. The predicted molar refractivity (Wildman–Crippen MR) is 187 cm³/mol. The molecule has 1 atom stereocenters. The normalized spacial score (nSPS) is 12.2. The van der Waals surface area contributed by atoms with Gasteiger partial charge in [0.15, 0.2) is 0 Å². The minimum atomic E-state index is 0.517. The Balaban J connectivity index is 1.66. The number of benzene rings is 2. The molecule has 0 spiro atoms. The lowest BCUT2D eigenvalue weighted by atomic mass is 9.96. The van der Waals surface area contributed by atoms with Gasteiger partial charge in [0.05, 0.1) is 19.5 Å². The second kappa shape index (κ2) is 22.2. The van der Waals surface area contributed by atoms with E-state index in [0.29, 0.717) is 5.92 Å². The summed E-state index contributed by atoms with van der Waals surface area (Å²) in [6, 6.07) is 22.3. The maximum absolute atomic E-state index is 2.73. The predicted octanol–water partition coefficient (Wildman–Crippen LogP) is 11.8. The third-order valence-electron chi connectivity index (χ3n) is 9.37. The summed E-state index contributed by atoms with van der Waals surface area (Å²) >= 11 is 0. The molecule has 1 aromatic heterocycles. The van der Waals surface area contributed by atoms with E-state index < -0.39 is 0 Å². The standard InChI is InChI=1S/C41H65N2/c1-4-6-8-10-12-13-14-15-17-18-26-32-42-36-40(34-37(3)39-30-24-21-25-31-39)43(33-27-19-16-11-9-7-5-2)41(42)35-38-28-22-20-23-29-38/h20-25,28-31,36-37H,4-19,26-27,32-35H2,1-3H3/q+1. The highest BCUT2D eigenvalue weighted by Gasteiger charge is 2.25. The molecule has 0 bridgehead atoms. The molecule has 0 saturated heterocycles. The van der Waals surface area contributed by atoms with Crippen LogP contribution in [0.5, 0.6) is 0 Å². The molecule has 0 radical (unpaired) electrons. The Morgan fingerprint density at radius 2 is 1.07 bits per heavy atom. The van der Waals surface area contributed by atoms with E-state index in [0.717, 1.165) is 25.9 Å². The van der Waals surface area contributed by atoms with Crippen LogP contribution in [0.15, 0.2) is 66.9 Å². The van der Waals surface area contributed by atoms with Crippen molar-refractivity contribution in [2.45, 2.75) is 168 Å². The van der Waals surface area contributed by atoms with Crippen LogP contribution in [-0.4, -0.2) is 4.57 Å². The van der Waals surface area contributed by atoms with Crippen LogP contribution < -0.4 is 4.57 Å². The van der Waals surface area contributed by atoms with Gasteiger partial charge in [-0.25, -0.2) is 9.13 Å². The Morgan fingerprint density at radius 1 is 0.581 bits per heavy atom. The molecule has 0 aliphatic carbocycles. The number of imidazole rings is 1. The topological polar surface area (TPSA) is 8.81 Å². The highest BCUT2D eigenvalue weighted by molar-refractivity contribution is 5.22. The van der Waals surface area contributed by atoms with Crippen molar-refractivity contribution >= 4 is 0 Å². The maximum Gasteiger partial charge on any atom is 0.261 e. The fourth-order valence-corrected chi connectivity index (χ4v) is 6.64. The molecular weight excluding hydrogens is 520 g/mol. The Morgan fingerprint density at radius 3 is 1.63 bits per heavy atom. The lowest BCUT2D eigenvalue weighted by Crippen LogP contribution is -2.37. The second-order valence-corrected chi connectivity index (χ2v) is 13.2. The van der Waals surface area contributed by atoms with E-state index in [1.54, 1.807) is 0 Å². The summed E-state index contributed by atoms with van der Waals surface area (Å²) in [6.45, 7) is 9.32. The first-order chi connectivity index (χ1) is 21.2. The summed E-state index contributed by atoms with van der Waals surface area (Å²) in [4.78, 5) is 0. The lowest BCUT2D eigenvalue weighted by molar-refractivity contribution is -0.704. The lowest BCUT2D eigenvalue weighted by Gasteiger charge is -2.12. The Labute approximate surface area is 266 Å². The molecule has 2 nitrogen and oxygen atoms in total. The van der Waals surface area contributed by atoms with Crippen LogP contribution in [0.25, 0.3) is 0 Å². The van der Waals surface area contributed by atoms with Crippen LogP contribution >= 0.6 is 0 Å². The van der Waals surface area contributed by atoms with Crippen molar-refractivity contribution in [2.75, 3.05) is 0 Å². The van der Waals surface area contributed by atoms with Gasteiger partial charge in [-0.2, -0.15) is 0 Å². The summed E-state index contributed by atoms with van der Waals surface area (Å²) in [6.07, 6.45) is 29.6. The van der Waals surface area contributed by atoms with E-state index in [2.05, 4.69) is 96.8 Å². The van der Waals surface area contributed by atoms with Crippen LogP contribution in [-0.2, 0) is 25.9 Å². The molecule has 3 aromatic rings. The van der Waals surface area contributed by atoms with Gasteiger partial charge in [-0.05, 0) is 42.7 Å². The zero-order chi connectivity index (χ0) is 30.4. The molecule has 0 N–H and O–H groups in total. The summed E-state index contributed by atoms with van der Waals surface area (Å²) in [5.41, 5.74) is 4.40. The van der Waals surface area contributed by atoms with Crippen LogP contribution in [0.1, 0.15) is 165 Å². The van der Waals surface area contributed by atoms with E-state index >= 15 is 0 Å². The van der Waals surface area contributed by atoms with Gasteiger partial charge in [-0.3, -0.25) is 0 Å². The minimum absolute atomic E-state index is 0.517. The number of aryl methyl sites for hydroxylation is 1. The van der Waals surface area contributed by atoms with Crippen LogP contribution in [0.3, 0.4) is 0 Å². The molecule has 0 saturated carbocycles. The average Bonchev–Trinajstić information content (AvgIpc) is 3.35. The molecule has 0 aliphatic heterocycles. The van der Waals surface area contributed by atoms with Crippen LogP contribution in [0, 0.1) is 0 Å². The fraction of sp³-hybridized carbons (Fsp3) is 0.634. The zero-order valence-corrected chi connectivity index (χ0v) is 28.4. The number of rotatable bonds is 25. The first-order valence-electron chi connectivity index (χ1n) is 18.4. The van der Waals surface area contributed by atoms with E-state index in [1.165, 1.54) is 138 Å². The first-order valence-corrected chi connectivity index (χ1v) is 18.4. The smallest absolute Gasteiger partial charge is 0.234 e. The summed E-state index contributed by atoms with van der Waals surface area (Å²) < 4.78 is 5.38. The number of unbranched alkanes of at least 4 members (excludes halogenated alkanes) is 16. The van der Waals surface area contributed by atoms with Gasteiger partial charge in [0.25, 0.3) is 5.82 Å². The molecule has 1 heterocycles. The Hall–Kier alpha value is -2.35. The van der Waals surface area contributed by atoms with Gasteiger partial charge >= 0.3 is 0 Å². The molecule has 2 aromatic carbocycles. The Kier molecular flexibility index (Phi) is 18.1. The fourth-order valence-electron chi connectivity index (χ4n) is 6.64. The van der Waals surface area contributed by atoms with Crippen LogP contribution in [0.2, 0.25) is 0 Å². The summed E-state index contributed by atoms with van der Waals surface area (Å²) in [5.74, 6) is 2.03. The highest BCUT2D eigenvalue weighted by atomic mass is 15.2. The van der Waals surface area contributed by atoms with Gasteiger partial charge in [0.2, 0.25) is 0 Å². The molecule has 2 heteroatoms. The van der Waals surface area contributed by atoms with Gasteiger partial charge in [0.1, 0.15) is 11.9 Å². The molecule has 238 valence electrons. The molecule has 0 fully saturated rings. The highest BCUT2D eigenvalue weighted by Crippen LogP contribution is 2.23. The summed E-state index contributed by atoms with van der Waals surface area (Å²) in [7, 11) is 0. The summed E-state index contributed by atoms with van der Waals surface area (Å²) in [5, 5.41) is 0. The van der Waals surface area contributed by atoms with Crippen molar-refractivity contribution in [3.8, 4) is 0 Å². The number of aromatic nitrogens is 2.